The number of nitro benzene ring substituents is 1. The minimum absolute atomic E-state index is 0.144. The molecule has 0 bridgehead atoms. The Morgan fingerprint density at radius 3 is 2.74 bits per heavy atom. The molecule has 1 N–H and O–H groups in total. The zero-order valence-corrected chi connectivity index (χ0v) is 14.3. The first kappa shape index (κ1) is 16.4. The smallest absolute Gasteiger partial charge is 0.283 e. The van der Waals surface area contributed by atoms with Crippen LogP contribution in [-0.4, -0.2) is 65.9 Å². The van der Waals surface area contributed by atoms with Gasteiger partial charge in [-0.05, 0) is 18.6 Å². The summed E-state index contributed by atoms with van der Waals surface area (Å²) >= 11 is 3.22. The molecule has 8 heteroatoms. The molecule has 2 heterocycles. The lowest BCUT2D eigenvalue weighted by atomic mass is 10.1. The average Bonchev–Trinajstić information content (AvgIpc) is 3.05. The van der Waals surface area contributed by atoms with Crippen LogP contribution in [0.4, 0.5) is 5.69 Å². The van der Waals surface area contributed by atoms with E-state index in [-0.39, 0.29) is 17.2 Å². The summed E-state index contributed by atoms with van der Waals surface area (Å²) < 4.78 is 0.598. The number of amides is 1. The summed E-state index contributed by atoms with van der Waals surface area (Å²) in [6, 6.07) is 4.94. The van der Waals surface area contributed by atoms with Gasteiger partial charge in [-0.2, -0.15) is 0 Å². The highest BCUT2D eigenvalue weighted by atomic mass is 79.9. The molecule has 2 saturated heterocycles. The molecule has 1 aromatic rings. The zero-order valence-electron chi connectivity index (χ0n) is 12.7. The summed E-state index contributed by atoms with van der Waals surface area (Å²) in [4.78, 5) is 27.5. The molecule has 7 nitrogen and oxygen atoms in total. The van der Waals surface area contributed by atoms with Crippen LogP contribution in [-0.2, 0) is 0 Å². The van der Waals surface area contributed by atoms with E-state index in [9.17, 15) is 14.9 Å². The summed E-state index contributed by atoms with van der Waals surface area (Å²) in [5.41, 5.74) is 0.0224. The highest BCUT2D eigenvalue weighted by Gasteiger charge is 2.33. The summed E-state index contributed by atoms with van der Waals surface area (Å²) in [5.74, 6) is -0.248. The molecular formula is C15H19BrN4O3. The molecule has 124 valence electrons. The summed E-state index contributed by atoms with van der Waals surface area (Å²) in [6.07, 6.45) is 0.927. The topological polar surface area (TPSA) is 78.7 Å². The molecule has 0 saturated carbocycles. The summed E-state index contributed by atoms with van der Waals surface area (Å²) in [5, 5.41) is 14.5. The first-order valence-corrected chi connectivity index (χ1v) is 8.53. The minimum Gasteiger partial charge on any atom is -0.337 e. The number of halogens is 1. The monoisotopic (exact) mass is 382 g/mol. The first-order valence-electron chi connectivity index (χ1n) is 7.74. The number of likely N-dealkylation sites (tertiary alicyclic amines) is 1. The third-order valence-corrected chi connectivity index (χ3v) is 5.00. The lowest BCUT2D eigenvalue weighted by molar-refractivity contribution is -0.385. The Hall–Kier alpha value is -1.51. The Bertz CT molecular complexity index is 619. The van der Waals surface area contributed by atoms with Crippen molar-refractivity contribution in [3.63, 3.8) is 0 Å². The fourth-order valence-corrected chi connectivity index (χ4v) is 3.63. The van der Waals surface area contributed by atoms with Crippen molar-refractivity contribution in [2.45, 2.75) is 12.5 Å². The van der Waals surface area contributed by atoms with Crippen molar-refractivity contribution in [1.29, 1.82) is 0 Å². The van der Waals surface area contributed by atoms with Crippen molar-refractivity contribution in [1.82, 2.24) is 15.1 Å². The standard InChI is InChI=1S/C15H19BrN4O3/c16-11-1-2-13(14(9-11)20(22)23)15(21)19-6-3-12(10-19)18-7-4-17-5-8-18/h1-2,9,12,17H,3-8,10H2. The van der Waals surface area contributed by atoms with Gasteiger partial charge in [0.2, 0.25) is 0 Å². The van der Waals surface area contributed by atoms with Gasteiger partial charge in [0, 0.05) is 55.8 Å². The number of piperazine rings is 1. The lowest BCUT2D eigenvalue weighted by Gasteiger charge is -2.32. The third kappa shape index (κ3) is 3.54. The van der Waals surface area contributed by atoms with Gasteiger partial charge in [-0.15, -0.1) is 0 Å². The van der Waals surface area contributed by atoms with Crippen LogP contribution in [0.3, 0.4) is 0 Å². The van der Waals surface area contributed by atoms with E-state index in [0.717, 1.165) is 32.6 Å². The molecule has 1 atom stereocenters. The fourth-order valence-electron chi connectivity index (χ4n) is 3.28. The van der Waals surface area contributed by atoms with Crippen LogP contribution in [0.5, 0.6) is 0 Å². The normalized spacial score (nSPS) is 22.3. The highest BCUT2D eigenvalue weighted by molar-refractivity contribution is 9.10. The van der Waals surface area contributed by atoms with Gasteiger partial charge in [0.15, 0.2) is 0 Å². The van der Waals surface area contributed by atoms with Gasteiger partial charge in [-0.1, -0.05) is 15.9 Å². The van der Waals surface area contributed by atoms with E-state index in [1.165, 1.54) is 12.1 Å². The number of nitrogens with one attached hydrogen (secondary N) is 1. The second kappa shape index (κ2) is 6.94. The van der Waals surface area contributed by atoms with E-state index >= 15 is 0 Å². The molecule has 23 heavy (non-hydrogen) atoms. The molecule has 1 amide bonds. The van der Waals surface area contributed by atoms with Gasteiger partial charge < -0.3 is 10.2 Å². The Balaban J connectivity index is 1.73. The average molecular weight is 383 g/mol. The van der Waals surface area contributed by atoms with Crippen LogP contribution in [0, 0.1) is 10.1 Å². The number of nitro groups is 1. The molecule has 3 rings (SSSR count). The highest BCUT2D eigenvalue weighted by Crippen LogP contribution is 2.26. The zero-order chi connectivity index (χ0) is 16.4. The summed E-state index contributed by atoms with van der Waals surface area (Å²) in [6.45, 7) is 5.23. The van der Waals surface area contributed by atoms with Crippen LogP contribution >= 0.6 is 15.9 Å². The number of nitrogens with zero attached hydrogens (tertiary/aromatic N) is 3. The van der Waals surface area contributed by atoms with E-state index < -0.39 is 4.92 Å². The Morgan fingerprint density at radius 1 is 1.30 bits per heavy atom. The summed E-state index contributed by atoms with van der Waals surface area (Å²) in [7, 11) is 0. The molecule has 0 radical (unpaired) electrons. The number of hydrogen-bond acceptors (Lipinski definition) is 5. The number of rotatable bonds is 3. The largest absolute Gasteiger partial charge is 0.337 e. The molecule has 0 spiro atoms. The third-order valence-electron chi connectivity index (χ3n) is 4.51. The SMILES string of the molecule is O=C(c1ccc(Br)cc1[N+](=O)[O-])N1CCC(N2CCNCC2)C1. The first-order chi connectivity index (χ1) is 11.1. The molecule has 2 fully saturated rings. The second-order valence-corrected chi connectivity index (χ2v) is 6.81. The molecule has 2 aliphatic heterocycles. The second-order valence-electron chi connectivity index (χ2n) is 5.90. The quantitative estimate of drug-likeness (QED) is 0.632. The van der Waals surface area contributed by atoms with Crippen LogP contribution in [0.15, 0.2) is 22.7 Å². The Labute approximate surface area is 142 Å². The van der Waals surface area contributed by atoms with Crippen molar-refractivity contribution in [2.75, 3.05) is 39.3 Å². The van der Waals surface area contributed by atoms with E-state index in [2.05, 4.69) is 26.1 Å². The number of carbonyl (C=O) groups excluding carboxylic acids is 1. The minimum atomic E-state index is -0.498. The van der Waals surface area contributed by atoms with Gasteiger partial charge in [-0.3, -0.25) is 19.8 Å². The van der Waals surface area contributed by atoms with Crippen LogP contribution < -0.4 is 5.32 Å². The van der Waals surface area contributed by atoms with Crippen LogP contribution in [0.2, 0.25) is 0 Å². The lowest BCUT2D eigenvalue weighted by Crippen LogP contribution is -2.49. The number of benzene rings is 1. The fraction of sp³-hybridized carbons (Fsp3) is 0.533. The Morgan fingerprint density at radius 2 is 2.04 bits per heavy atom. The van der Waals surface area contributed by atoms with Crippen molar-refractivity contribution >= 4 is 27.5 Å². The van der Waals surface area contributed by atoms with Gasteiger partial charge >= 0.3 is 0 Å². The van der Waals surface area contributed by atoms with Crippen molar-refractivity contribution in [3.05, 3.63) is 38.3 Å². The van der Waals surface area contributed by atoms with E-state index in [0.29, 0.717) is 23.6 Å². The van der Waals surface area contributed by atoms with E-state index in [1.54, 1.807) is 11.0 Å². The van der Waals surface area contributed by atoms with Gasteiger partial charge in [0.25, 0.3) is 11.6 Å². The molecule has 0 aromatic heterocycles. The predicted octanol–water partition coefficient (Wildman–Crippen LogP) is 1.48. The Kier molecular flexibility index (Phi) is 4.93. The molecule has 1 aromatic carbocycles. The van der Waals surface area contributed by atoms with Crippen LogP contribution in [0.1, 0.15) is 16.8 Å². The van der Waals surface area contributed by atoms with Gasteiger partial charge in [0.05, 0.1) is 4.92 Å². The van der Waals surface area contributed by atoms with Crippen molar-refractivity contribution in [3.8, 4) is 0 Å². The predicted molar refractivity (Wildman–Crippen MR) is 89.5 cm³/mol. The van der Waals surface area contributed by atoms with Crippen molar-refractivity contribution in [2.24, 2.45) is 0 Å². The van der Waals surface area contributed by atoms with Crippen molar-refractivity contribution < 1.29 is 9.72 Å². The molecular weight excluding hydrogens is 364 g/mol. The number of carbonyl (C=O) groups is 1. The molecule has 1 unspecified atom stereocenters. The van der Waals surface area contributed by atoms with Crippen LogP contribution in [0.25, 0.3) is 0 Å². The van der Waals surface area contributed by atoms with Gasteiger partial charge in [-0.25, -0.2) is 0 Å². The maximum absolute atomic E-state index is 12.7. The maximum Gasteiger partial charge on any atom is 0.283 e. The van der Waals surface area contributed by atoms with E-state index in [1.807, 2.05) is 0 Å². The van der Waals surface area contributed by atoms with E-state index in [4.69, 9.17) is 0 Å². The number of hydrogen-bond donors (Lipinski definition) is 1. The maximum atomic E-state index is 12.7. The molecule has 2 aliphatic rings. The van der Waals surface area contributed by atoms with Gasteiger partial charge in [0.1, 0.15) is 5.56 Å². The molecule has 0 aliphatic carbocycles.